The molecule has 29 heavy (non-hydrogen) atoms. The topological polar surface area (TPSA) is 93.7 Å². The van der Waals surface area contributed by atoms with Gasteiger partial charge in [-0.3, -0.25) is 0 Å². The van der Waals surface area contributed by atoms with Crippen LogP contribution in [0.4, 0.5) is 0 Å². The van der Waals surface area contributed by atoms with Gasteiger partial charge in [0.15, 0.2) is 0 Å². The van der Waals surface area contributed by atoms with E-state index in [2.05, 4.69) is 76.6 Å². The van der Waals surface area contributed by atoms with Gasteiger partial charge in [0.05, 0.1) is 0 Å². The molecule has 0 fully saturated rings. The number of hydrogen-bond acceptors (Lipinski definition) is 8. The summed E-state index contributed by atoms with van der Waals surface area (Å²) in [6.45, 7) is 3.99. The second-order valence-electron chi connectivity index (χ2n) is 6.70. The molecule has 2 aromatic carbocycles. The van der Waals surface area contributed by atoms with E-state index in [0.29, 0.717) is 19.6 Å². The van der Waals surface area contributed by atoms with E-state index in [1.807, 2.05) is 0 Å². The second-order valence-corrected chi connectivity index (χ2v) is 30.8. The van der Waals surface area contributed by atoms with Crippen LogP contribution in [0.2, 0.25) is 0 Å². The summed E-state index contributed by atoms with van der Waals surface area (Å²) in [4.78, 5) is 4.97. The van der Waals surface area contributed by atoms with Gasteiger partial charge >= 0.3 is 187 Å². The molecule has 1 heterocycles. The van der Waals surface area contributed by atoms with E-state index < -0.39 is 10.1 Å². The van der Waals surface area contributed by atoms with Gasteiger partial charge in [-0.25, -0.2) is 0 Å². The van der Waals surface area contributed by atoms with Crippen LogP contribution in [0.25, 0.3) is 10.8 Å². The van der Waals surface area contributed by atoms with E-state index in [-0.39, 0.29) is 0 Å². The molecule has 0 aliphatic carbocycles. The molecule has 6 N–H and O–H groups in total. The molecule has 9 heteroatoms. The van der Waals surface area contributed by atoms with Crippen molar-refractivity contribution in [1.29, 1.82) is 0 Å². The van der Waals surface area contributed by atoms with Crippen molar-refractivity contribution >= 4 is 56.9 Å². The molecule has 2 aromatic rings. The Bertz CT molecular complexity index is 793. The molecule has 0 amide bonds. The van der Waals surface area contributed by atoms with Crippen molar-refractivity contribution in [2.75, 3.05) is 50.0 Å². The zero-order chi connectivity index (χ0) is 20.5. The Kier molecular flexibility index (Phi) is 9.55. The molecule has 0 radical (unpaired) electrons. The molecule has 158 valence electrons. The predicted molar refractivity (Wildman–Crippen MR) is 137 cm³/mol. The molecule has 3 rings (SSSR count). The van der Waals surface area contributed by atoms with E-state index in [1.54, 1.807) is 0 Å². The first-order valence-corrected chi connectivity index (χ1v) is 21.6. The van der Waals surface area contributed by atoms with Gasteiger partial charge in [-0.05, 0) is 0 Å². The van der Waals surface area contributed by atoms with Gasteiger partial charge < -0.3 is 0 Å². The van der Waals surface area contributed by atoms with Gasteiger partial charge in [0.25, 0.3) is 0 Å². The molecule has 0 aromatic heterocycles. The third-order valence-corrected chi connectivity index (χ3v) is 34.7. The third-order valence-electron chi connectivity index (χ3n) is 4.70. The molecule has 5 nitrogen and oxygen atoms in total. The van der Waals surface area contributed by atoms with Crippen LogP contribution in [0.5, 0.6) is 0 Å². The number of nitrogens with two attached hydrogens (primary N) is 3. The molecule has 0 spiro atoms. The number of nitrogens with zero attached hydrogens (tertiary/aromatic N) is 2. The van der Waals surface area contributed by atoms with Gasteiger partial charge in [0.2, 0.25) is 0 Å². The van der Waals surface area contributed by atoms with E-state index in [0.717, 1.165) is 36.8 Å². The maximum absolute atomic E-state index is 5.90. The van der Waals surface area contributed by atoms with Gasteiger partial charge in [-0.2, -0.15) is 0 Å². The van der Waals surface area contributed by atoms with E-state index in [9.17, 15) is 0 Å². The molecular formula is C20H31GeN5S3. The van der Waals surface area contributed by atoms with Crippen LogP contribution in [0.1, 0.15) is 5.56 Å². The molecule has 0 atom stereocenters. The van der Waals surface area contributed by atoms with Gasteiger partial charge in [-0.1, -0.05) is 0 Å². The summed E-state index contributed by atoms with van der Waals surface area (Å²) in [6, 6.07) is 15.2. The number of amidine groups is 1. The average molecular weight is 510 g/mol. The predicted octanol–water partition coefficient (Wildman–Crippen LogP) is 2.61. The summed E-state index contributed by atoms with van der Waals surface area (Å²) in [7, 11) is 3.63. The summed E-state index contributed by atoms with van der Waals surface area (Å²) >= 11 is 0. The molecule has 0 bridgehead atoms. The maximum atomic E-state index is 5.90. The van der Waals surface area contributed by atoms with Crippen LogP contribution in [0.15, 0.2) is 47.5 Å². The Labute approximate surface area is 186 Å². The molecular weight excluding hydrogens is 479 g/mol. The summed E-state index contributed by atoms with van der Waals surface area (Å²) in [5, 5.41) is 2.61. The zero-order valence-electron chi connectivity index (χ0n) is 16.8. The first kappa shape index (κ1) is 23.3. The Morgan fingerprint density at radius 3 is 2.14 bits per heavy atom. The molecule has 1 aliphatic heterocycles. The van der Waals surface area contributed by atoms with Crippen LogP contribution in [0.3, 0.4) is 0 Å². The van der Waals surface area contributed by atoms with E-state index in [1.165, 1.54) is 22.2 Å². The fourth-order valence-corrected chi connectivity index (χ4v) is 33.5. The second kappa shape index (κ2) is 11.9. The van der Waals surface area contributed by atoms with E-state index >= 15 is 0 Å². The number of rotatable bonds is 12. The Morgan fingerprint density at radius 1 is 0.862 bits per heavy atom. The van der Waals surface area contributed by atoms with Gasteiger partial charge in [0.1, 0.15) is 0 Å². The average Bonchev–Trinajstić information content (AvgIpc) is 3.23. The van der Waals surface area contributed by atoms with Crippen molar-refractivity contribution in [2.24, 2.45) is 22.2 Å². The fraction of sp³-hybridized carbons (Fsp3) is 0.450. The van der Waals surface area contributed by atoms with Crippen molar-refractivity contribution in [3.63, 3.8) is 0 Å². The first-order chi connectivity index (χ1) is 14.2. The molecule has 0 unspecified atom stereocenters. The minimum absolute atomic E-state index is 0.702. The number of hydrogen-bond donors (Lipinski definition) is 3. The number of aliphatic imine (C=N–C) groups is 1. The molecule has 0 saturated carbocycles. The molecule has 0 saturated heterocycles. The van der Waals surface area contributed by atoms with Crippen LogP contribution in [0, 0.1) is 0 Å². The van der Waals surface area contributed by atoms with E-state index in [4.69, 9.17) is 22.2 Å². The first-order valence-electron chi connectivity index (χ1n) is 10.0. The zero-order valence-corrected chi connectivity index (χ0v) is 21.3. The Balaban J connectivity index is 1.89. The summed E-state index contributed by atoms with van der Waals surface area (Å²) in [6.07, 6.45) is 0.879. The van der Waals surface area contributed by atoms with Crippen molar-refractivity contribution in [3.8, 4) is 0 Å². The fourth-order valence-electron chi connectivity index (χ4n) is 3.48. The number of benzene rings is 2. The molecule has 1 aliphatic rings. The van der Waals surface area contributed by atoms with Crippen LogP contribution < -0.4 is 17.2 Å². The van der Waals surface area contributed by atoms with Crippen LogP contribution in [-0.2, 0) is 6.42 Å². The standard InChI is InChI=1S/C20H31GeN5S3/c22-8-13-27-21(28-14-9-23,29-15-10-24)26-12-11-25-20(26)16-18-6-3-5-17-4-1-2-7-19(17)18/h1-7H,8-16,22-24H2. The third kappa shape index (κ3) is 5.87. The van der Waals surface area contributed by atoms with Crippen molar-refractivity contribution < 1.29 is 0 Å². The summed E-state index contributed by atoms with van der Waals surface area (Å²) < 4.78 is 2.67. The quantitative estimate of drug-likeness (QED) is 0.378. The van der Waals surface area contributed by atoms with Gasteiger partial charge in [-0.15, -0.1) is 0 Å². The van der Waals surface area contributed by atoms with Crippen molar-refractivity contribution in [2.45, 2.75) is 6.42 Å². The SMILES string of the molecule is NCC[S][Ge]([S]CCN)([S]CCN)[N]1CCN=C1Cc1cccc2ccccc12. The van der Waals surface area contributed by atoms with Crippen molar-refractivity contribution in [1.82, 2.24) is 3.86 Å². The summed E-state index contributed by atoms with van der Waals surface area (Å²) in [5.41, 5.74) is 19.1. The minimum atomic E-state index is -2.63. The Hall–Kier alpha value is -0.357. The normalized spacial score (nSPS) is 14.6. The van der Waals surface area contributed by atoms with Crippen molar-refractivity contribution in [3.05, 3.63) is 48.0 Å². The van der Waals surface area contributed by atoms with Crippen LogP contribution >= 0.6 is 30.3 Å². The van der Waals surface area contributed by atoms with Crippen LogP contribution in [-0.4, -0.2) is 69.7 Å². The monoisotopic (exact) mass is 511 g/mol. The summed E-state index contributed by atoms with van der Waals surface area (Å²) in [5.74, 6) is 4.17. The Morgan fingerprint density at radius 2 is 1.48 bits per heavy atom. The number of fused-ring (bicyclic) bond motifs is 1. The van der Waals surface area contributed by atoms with Gasteiger partial charge in [0, 0.05) is 0 Å².